The molecular weight excluding hydrogens is 440 g/mol. The van der Waals surface area contributed by atoms with Gasteiger partial charge >= 0.3 is 6.03 Å². The highest BCUT2D eigenvalue weighted by Crippen LogP contribution is 2.23. The van der Waals surface area contributed by atoms with E-state index in [1.165, 1.54) is 0 Å². The van der Waals surface area contributed by atoms with Crippen molar-refractivity contribution >= 4 is 40.3 Å². The molecule has 1 unspecified atom stereocenters. The molecule has 1 heterocycles. The van der Waals surface area contributed by atoms with E-state index >= 15 is 0 Å². The van der Waals surface area contributed by atoms with E-state index in [0.29, 0.717) is 41.3 Å². The van der Waals surface area contributed by atoms with Gasteiger partial charge in [-0.25, -0.2) is 9.78 Å². The maximum absolute atomic E-state index is 13.0. The van der Waals surface area contributed by atoms with Crippen molar-refractivity contribution in [3.63, 3.8) is 0 Å². The van der Waals surface area contributed by atoms with Crippen molar-refractivity contribution in [1.82, 2.24) is 14.9 Å². The summed E-state index contributed by atoms with van der Waals surface area (Å²) >= 11 is 1.14. The third-order valence-electron chi connectivity index (χ3n) is 5.08. The van der Waals surface area contributed by atoms with Gasteiger partial charge in [0.25, 0.3) is 5.56 Å². The third kappa shape index (κ3) is 6.21. The van der Waals surface area contributed by atoms with Gasteiger partial charge in [0.1, 0.15) is 0 Å². The SMILES string of the molecule is COCCCn1c(SC(C)C(=O)NC(=O)Nc2ccc(C)cc2C)nc2ccccc2c1=O. The minimum Gasteiger partial charge on any atom is -0.385 e. The fourth-order valence-electron chi connectivity index (χ4n) is 3.33. The number of amides is 3. The second kappa shape index (κ2) is 11.1. The lowest BCUT2D eigenvalue weighted by Crippen LogP contribution is -2.39. The summed E-state index contributed by atoms with van der Waals surface area (Å²) in [6.45, 7) is 6.43. The number of aromatic nitrogens is 2. The van der Waals surface area contributed by atoms with Crippen LogP contribution in [0.15, 0.2) is 52.4 Å². The molecule has 1 atom stereocenters. The molecule has 0 radical (unpaired) electrons. The molecule has 3 rings (SSSR count). The second-order valence-electron chi connectivity index (χ2n) is 7.74. The van der Waals surface area contributed by atoms with Crippen LogP contribution in [0.1, 0.15) is 24.5 Å². The van der Waals surface area contributed by atoms with Crippen LogP contribution in [0.5, 0.6) is 0 Å². The largest absolute Gasteiger partial charge is 0.385 e. The lowest BCUT2D eigenvalue weighted by molar-refractivity contribution is -0.119. The number of hydrogen-bond donors (Lipinski definition) is 2. The van der Waals surface area contributed by atoms with Crippen LogP contribution in [-0.2, 0) is 16.1 Å². The molecule has 0 spiro atoms. The molecule has 0 bridgehead atoms. The van der Waals surface area contributed by atoms with Crippen molar-refractivity contribution in [1.29, 1.82) is 0 Å². The van der Waals surface area contributed by atoms with Crippen LogP contribution >= 0.6 is 11.8 Å². The first-order valence-corrected chi connectivity index (χ1v) is 11.5. The molecule has 8 nitrogen and oxygen atoms in total. The Morgan fingerprint density at radius 1 is 1.18 bits per heavy atom. The van der Waals surface area contributed by atoms with Gasteiger partial charge in [-0.05, 0) is 51.0 Å². The number of hydrogen-bond acceptors (Lipinski definition) is 6. The summed E-state index contributed by atoms with van der Waals surface area (Å²) in [5.74, 6) is -0.479. The second-order valence-corrected chi connectivity index (χ2v) is 9.04. The predicted molar refractivity (Wildman–Crippen MR) is 131 cm³/mol. The first-order valence-electron chi connectivity index (χ1n) is 10.6. The number of nitrogens with one attached hydrogen (secondary N) is 2. The number of ether oxygens (including phenoxy) is 1. The van der Waals surface area contributed by atoms with Crippen LogP contribution in [0.4, 0.5) is 10.5 Å². The molecule has 0 fully saturated rings. The van der Waals surface area contributed by atoms with E-state index in [2.05, 4.69) is 15.6 Å². The predicted octanol–water partition coefficient (Wildman–Crippen LogP) is 3.88. The number of fused-ring (bicyclic) bond motifs is 1. The molecule has 174 valence electrons. The minimum atomic E-state index is -0.656. The zero-order valence-corrected chi connectivity index (χ0v) is 20.0. The average Bonchev–Trinajstić information content (AvgIpc) is 2.77. The van der Waals surface area contributed by atoms with Crippen molar-refractivity contribution in [3.05, 3.63) is 63.9 Å². The summed E-state index contributed by atoms with van der Waals surface area (Å²) in [5.41, 5.74) is 3.02. The summed E-state index contributed by atoms with van der Waals surface area (Å²) in [6, 6.07) is 12.1. The van der Waals surface area contributed by atoms with Crippen molar-refractivity contribution in [2.24, 2.45) is 0 Å². The minimum absolute atomic E-state index is 0.167. The van der Waals surface area contributed by atoms with Crippen LogP contribution in [0, 0.1) is 13.8 Å². The number of anilines is 1. The van der Waals surface area contributed by atoms with Gasteiger partial charge in [0.05, 0.1) is 16.2 Å². The number of para-hydroxylation sites is 1. The smallest absolute Gasteiger partial charge is 0.325 e. The number of carbonyl (C=O) groups is 2. The zero-order valence-electron chi connectivity index (χ0n) is 19.2. The van der Waals surface area contributed by atoms with Gasteiger partial charge in [0.15, 0.2) is 5.16 Å². The van der Waals surface area contributed by atoms with Gasteiger partial charge in [-0.3, -0.25) is 19.5 Å². The number of thioether (sulfide) groups is 1. The number of aryl methyl sites for hydroxylation is 2. The maximum atomic E-state index is 13.0. The number of benzene rings is 2. The van der Waals surface area contributed by atoms with Gasteiger partial charge in [-0.1, -0.05) is 41.6 Å². The highest BCUT2D eigenvalue weighted by molar-refractivity contribution is 8.00. The first kappa shape index (κ1) is 24.5. The van der Waals surface area contributed by atoms with Gasteiger partial charge < -0.3 is 10.1 Å². The Kier molecular flexibility index (Phi) is 8.24. The van der Waals surface area contributed by atoms with E-state index in [4.69, 9.17) is 4.74 Å². The molecule has 2 N–H and O–H groups in total. The van der Waals surface area contributed by atoms with Crippen LogP contribution in [0.2, 0.25) is 0 Å². The topological polar surface area (TPSA) is 102 Å². The molecular formula is C24H28N4O4S. The van der Waals surface area contributed by atoms with Gasteiger partial charge in [-0.15, -0.1) is 0 Å². The molecule has 0 saturated carbocycles. The molecule has 1 aromatic heterocycles. The Labute approximate surface area is 196 Å². The highest BCUT2D eigenvalue weighted by atomic mass is 32.2. The third-order valence-corrected chi connectivity index (χ3v) is 6.17. The van der Waals surface area contributed by atoms with E-state index in [-0.39, 0.29) is 5.56 Å². The van der Waals surface area contributed by atoms with Crippen molar-refractivity contribution < 1.29 is 14.3 Å². The first-order chi connectivity index (χ1) is 15.8. The Morgan fingerprint density at radius 2 is 1.94 bits per heavy atom. The number of imide groups is 1. The summed E-state index contributed by atoms with van der Waals surface area (Å²) in [4.78, 5) is 42.7. The number of carbonyl (C=O) groups excluding carboxylic acids is 2. The molecule has 0 saturated heterocycles. The number of methoxy groups -OCH3 is 1. The quantitative estimate of drug-likeness (QED) is 0.296. The van der Waals surface area contributed by atoms with Gasteiger partial charge in [-0.2, -0.15) is 0 Å². The van der Waals surface area contributed by atoms with E-state index in [1.807, 2.05) is 32.0 Å². The number of nitrogens with zero attached hydrogens (tertiary/aromatic N) is 2. The lowest BCUT2D eigenvalue weighted by Gasteiger charge is -2.16. The molecule has 0 aliphatic heterocycles. The van der Waals surface area contributed by atoms with Gasteiger partial charge in [0.2, 0.25) is 5.91 Å². The summed E-state index contributed by atoms with van der Waals surface area (Å²) in [5, 5.41) is 5.36. The van der Waals surface area contributed by atoms with Crippen molar-refractivity contribution in [2.75, 3.05) is 19.0 Å². The van der Waals surface area contributed by atoms with Crippen LogP contribution in [0.3, 0.4) is 0 Å². The summed E-state index contributed by atoms with van der Waals surface area (Å²) in [6.07, 6.45) is 0.628. The van der Waals surface area contributed by atoms with E-state index < -0.39 is 17.2 Å². The molecule has 2 aromatic carbocycles. The fraction of sp³-hybridized carbons (Fsp3) is 0.333. The Balaban J connectivity index is 1.75. The van der Waals surface area contributed by atoms with Crippen LogP contribution < -0.4 is 16.2 Å². The average molecular weight is 469 g/mol. The molecule has 0 aliphatic carbocycles. The van der Waals surface area contributed by atoms with Crippen molar-refractivity contribution in [2.45, 2.75) is 44.1 Å². The molecule has 3 aromatic rings. The van der Waals surface area contributed by atoms with Gasteiger partial charge in [0, 0.05) is 25.9 Å². The molecule has 33 heavy (non-hydrogen) atoms. The molecule has 9 heteroatoms. The molecule has 0 aliphatic rings. The Hall–Kier alpha value is -3.17. The normalized spacial score (nSPS) is 11.9. The van der Waals surface area contributed by atoms with Crippen molar-refractivity contribution in [3.8, 4) is 0 Å². The van der Waals surface area contributed by atoms with E-state index in [0.717, 1.165) is 22.9 Å². The highest BCUT2D eigenvalue weighted by Gasteiger charge is 2.21. The standard InChI is InChI=1S/C24H28N4O4S/c1-15-10-11-19(16(2)14-15)25-23(31)27-21(29)17(3)33-24-26-20-9-6-5-8-18(20)22(30)28(24)12-7-13-32-4/h5-6,8-11,14,17H,7,12-13H2,1-4H3,(H2,25,27,29,31). The molecule has 3 amide bonds. The Morgan fingerprint density at radius 3 is 2.67 bits per heavy atom. The lowest BCUT2D eigenvalue weighted by atomic mass is 10.1. The number of rotatable bonds is 8. The fourth-order valence-corrected chi connectivity index (χ4v) is 4.27. The van der Waals surface area contributed by atoms with Crippen LogP contribution in [0.25, 0.3) is 10.9 Å². The van der Waals surface area contributed by atoms with E-state index in [9.17, 15) is 14.4 Å². The zero-order chi connectivity index (χ0) is 24.0. The summed E-state index contributed by atoms with van der Waals surface area (Å²) < 4.78 is 6.67. The maximum Gasteiger partial charge on any atom is 0.325 e. The Bertz CT molecular complexity index is 1220. The summed E-state index contributed by atoms with van der Waals surface area (Å²) in [7, 11) is 1.60. The van der Waals surface area contributed by atoms with E-state index in [1.54, 1.807) is 42.9 Å². The van der Waals surface area contributed by atoms with Crippen LogP contribution in [-0.4, -0.2) is 40.5 Å². The monoisotopic (exact) mass is 468 g/mol. The number of urea groups is 1.